The van der Waals surface area contributed by atoms with E-state index in [9.17, 15) is 4.79 Å². The van der Waals surface area contributed by atoms with Crippen LogP contribution in [-0.2, 0) is 4.79 Å². The lowest BCUT2D eigenvalue weighted by molar-refractivity contribution is -0.140. The third kappa shape index (κ3) is 3.45. The van der Waals surface area contributed by atoms with E-state index in [0.717, 1.165) is 37.6 Å². The second-order valence-electron chi connectivity index (χ2n) is 5.16. The fourth-order valence-corrected chi connectivity index (χ4v) is 2.82. The van der Waals surface area contributed by atoms with Gasteiger partial charge in [-0.15, -0.1) is 0 Å². The molecule has 0 bridgehead atoms. The van der Waals surface area contributed by atoms with E-state index in [1.54, 1.807) is 0 Å². The van der Waals surface area contributed by atoms with E-state index in [-0.39, 0.29) is 11.9 Å². The van der Waals surface area contributed by atoms with Crippen LogP contribution in [0.2, 0.25) is 6.04 Å². The lowest BCUT2D eigenvalue weighted by atomic mass is 9.83. The van der Waals surface area contributed by atoms with Gasteiger partial charge in [0, 0.05) is 10.2 Å². The molecule has 0 unspecified atom stereocenters. The minimum atomic E-state index is -0.0636. The highest BCUT2D eigenvalue weighted by atomic mass is 28.1. The summed E-state index contributed by atoms with van der Waals surface area (Å²) in [4.78, 5) is 12.0. The molecule has 95 valence electrons. The van der Waals surface area contributed by atoms with Crippen molar-refractivity contribution in [2.45, 2.75) is 38.7 Å². The maximum absolute atomic E-state index is 12.0. The fraction of sp³-hybridized carbons (Fsp3) is 0.533. The monoisotopic (exact) mass is 259 g/mol. The van der Waals surface area contributed by atoms with Gasteiger partial charge in [-0.25, -0.2) is 0 Å². The van der Waals surface area contributed by atoms with Gasteiger partial charge in [0.1, 0.15) is 5.75 Å². The van der Waals surface area contributed by atoms with Gasteiger partial charge in [0.05, 0.1) is 5.92 Å². The zero-order valence-electron chi connectivity index (χ0n) is 10.8. The van der Waals surface area contributed by atoms with Crippen LogP contribution in [0.4, 0.5) is 0 Å². The summed E-state index contributed by atoms with van der Waals surface area (Å²) in [7, 11) is 3.56. The molecule has 1 saturated carbocycles. The Balaban J connectivity index is 1.87. The van der Waals surface area contributed by atoms with Crippen LogP contribution in [0.5, 0.6) is 5.75 Å². The summed E-state index contributed by atoms with van der Waals surface area (Å²) in [5.41, 5.74) is 1.17. The van der Waals surface area contributed by atoms with Gasteiger partial charge in [0.2, 0.25) is 0 Å². The summed E-state index contributed by atoms with van der Waals surface area (Å²) >= 11 is 0. The summed E-state index contributed by atoms with van der Waals surface area (Å²) in [6.45, 7) is 2.02. The molecule has 0 N–H and O–H groups in total. The highest BCUT2D eigenvalue weighted by Crippen LogP contribution is 2.31. The van der Waals surface area contributed by atoms with Gasteiger partial charge in [-0.3, -0.25) is 4.79 Å². The Kier molecular flexibility index (Phi) is 4.58. The van der Waals surface area contributed by atoms with Crippen molar-refractivity contribution in [2.75, 3.05) is 0 Å². The van der Waals surface area contributed by atoms with Crippen molar-refractivity contribution >= 4 is 16.2 Å². The normalized spacial score (nSPS) is 23.7. The lowest BCUT2D eigenvalue weighted by Gasteiger charge is -2.26. The molecule has 1 aromatic carbocycles. The van der Waals surface area contributed by atoms with Gasteiger partial charge in [0.25, 0.3) is 0 Å². The topological polar surface area (TPSA) is 26.3 Å². The van der Waals surface area contributed by atoms with Crippen molar-refractivity contribution in [1.29, 1.82) is 0 Å². The zero-order chi connectivity index (χ0) is 13.0. The number of ether oxygens (including phenoxy) is 1. The molecular formula is C15H19O2Si. The number of aryl methyl sites for hydroxylation is 1. The minimum absolute atomic E-state index is 0.0636. The Labute approximate surface area is 112 Å². The highest BCUT2D eigenvalue weighted by Gasteiger charge is 2.26. The first kappa shape index (κ1) is 13.3. The number of benzene rings is 1. The number of esters is 1. The van der Waals surface area contributed by atoms with Crippen molar-refractivity contribution in [1.82, 2.24) is 0 Å². The van der Waals surface area contributed by atoms with E-state index in [4.69, 9.17) is 4.74 Å². The number of hydrogen-bond donors (Lipinski definition) is 0. The van der Waals surface area contributed by atoms with Crippen LogP contribution in [0.1, 0.15) is 31.2 Å². The average Bonchev–Trinajstić information content (AvgIpc) is 2.41. The molecule has 2 rings (SSSR count). The van der Waals surface area contributed by atoms with Gasteiger partial charge in [-0.1, -0.05) is 23.7 Å². The maximum Gasteiger partial charge on any atom is 0.314 e. The largest absolute Gasteiger partial charge is 0.426 e. The van der Waals surface area contributed by atoms with Gasteiger partial charge in [-0.05, 0) is 50.7 Å². The second-order valence-corrected chi connectivity index (χ2v) is 5.56. The van der Waals surface area contributed by atoms with Crippen molar-refractivity contribution in [3.05, 3.63) is 29.8 Å². The Hall–Kier alpha value is -1.09. The van der Waals surface area contributed by atoms with Crippen LogP contribution >= 0.6 is 0 Å². The Morgan fingerprint density at radius 2 is 1.83 bits per heavy atom. The Bertz CT molecular complexity index is 391. The SMILES string of the molecule is Cc1ccc(OC(=O)C2CCC(C[Si])CC2)cc1. The molecule has 1 fully saturated rings. The number of carbonyl (C=O) groups excluding carboxylic acids is 1. The maximum atomic E-state index is 12.0. The average molecular weight is 259 g/mol. The molecule has 3 heteroatoms. The van der Waals surface area contributed by atoms with Crippen LogP contribution in [0.3, 0.4) is 0 Å². The first-order chi connectivity index (χ1) is 8.69. The summed E-state index contributed by atoms with van der Waals surface area (Å²) in [6.07, 6.45) is 4.16. The van der Waals surface area contributed by atoms with Gasteiger partial charge in [0.15, 0.2) is 0 Å². The third-order valence-electron chi connectivity index (χ3n) is 3.71. The predicted molar refractivity (Wildman–Crippen MR) is 72.8 cm³/mol. The van der Waals surface area contributed by atoms with Crippen molar-refractivity contribution < 1.29 is 9.53 Å². The van der Waals surface area contributed by atoms with Crippen LogP contribution in [0, 0.1) is 18.8 Å². The van der Waals surface area contributed by atoms with Crippen molar-refractivity contribution in [2.24, 2.45) is 11.8 Å². The number of rotatable bonds is 3. The van der Waals surface area contributed by atoms with Crippen LogP contribution in [0.25, 0.3) is 0 Å². The lowest BCUT2D eigenvalue weighted by Crippen LogP contribution is -2.25. The summed E-state index contributed by atoms with van der Waals surface area (Å²) in [5, 5.41) is 0. The first-order valence-electron chi connectivity index (χ1n) is 6.62. The van der Waals surface area contributed by atoms with Crippen molar-refractivity contribution in [3.8, 4) is 5.75 Å². The predicted octanol–water partition coefficient (Wildman–Crippen LogP) is 3.29. The first-order valence-corrected chi connectivity index (χ1v) is 7.32. The van der Waals surface area contributed by atoms with E-state index in [1.807, 2.05) is 31.2 Å². The molecule has 0 aliphatic heterocycles. The minimum Gasteiger partial charge on any atom is -0.426 e. The second kappa shape index (κ2) is 6.18. The van der Waals surface area contributed by atoms with E-state index in [0.29, 0.717) is 5.75 Å². The molecule has 3 radical (unpaired) electrons. The highest BCUT2D eigenvalue weighted by molar-refractivity contribution is 6.08. The molecule has 0 spiro atoms. The quantitative estimate of drug-likeness (QED) is 0.473. The molecule has 2 nitrogen and oxygen atoms in total. The molecule has 0 aromatic heterocycles. The van der Waals surface area contributed by atoms with Gasteiger partial charge < -0.3 is 4.74 Å². The summed E-state index contributed by atoms with van der Waals surface area (Å²) in [5.74, 6) is 1.41. The molecule has 1 aliphatic rings. The number of hydrogen-bond acceptors (Lipinski definition) is 2. The standard InChI is InChI=1S/C15H19O2Si/c1-11-2-8-14(9-3-11)17-15(16)13-6-4-12(10-18)5-7-13/h2-3,8-9,12-13H,4-7,10H2,1H3. The molecule has 1 aromatic rings. The molecule has 0 saturated heterocycles. The van der Waals surface area contributed by atoms with Crippen LogP contribution < -0.4 is 4.74 Å². The van der Waals surface area contributed by atoms with E-state index < -0.39 is 0 Å². The molecule has 1 aliphatic carbocycles. The summed E-state index contributed by atoms with van der Waals surface area (Å²) in [6, 6.07) is 8.68. The smallest absolute Gasteiger partial charge is 0.314 e. The van der Waals surface area contributed by atoms with E-state index in [1.165, 1.54) is 5.56 Å². The van der Waals surface area contributed by atoms with E-state index in [2.05, 4.69) is 10.2 Å². The Morgan fingerprint density at radius 1 is 1.22 bits per heavy atom. The van der Waals surface area contributed by atoms with Crippen LogP contribution in [-0.4, -0.2) is 16.2 Å². The Morgan fingerprint density at radius 3 is 2.39 bits per heavy atom. The molecular weight excluding hydrogens is 240 g/mol. The van der Waals surface area contributed by atoms with E-state index >= 15 is 0 Å². The molecule has 0 heterocycles. The molecule has 0 atom stereocenters. The molecule has 18 heavy (non-hydrogen) atoms. The van der Waals surface area contributed by atoms with Gasteiger partial charge >= 0.3 is 5.97 Å². The third-order valence-corrected chi connectivity index (χ3v) is 4.29. The van der Waals surface area contributed by atoms with Crippen LogP contribution in [0.15, 0.2) is 24.3 Å². The summed E-state index contributed by atoms with van der Waals surface area (Å²) < 4.78 is 5.43. The van der Waals surface area contributed by atoms with Crippen molar-refractivity contribution in [3.63, 3.8) is 0 Å². The number of carbonyl (C=O) groups is 1. The zero-order valence-corrected chi connectivity index (χ0v) is 11.8. The fourth-order valence-electron chi connectivity index (χ4n) is 2.41. The van der Waals surface area contributed by atoms with Gasteiger partial charge in [-0.2, -0.15) is 0 Å². The molecule has 0 amide bonds.